The first-order chi connectivity index (χ1) is 5.88. The molecule has 0 N–H and O–H groups in total. The highest BCUT2D eigenvalue weighted by Gasteiger charge is 1.95. The molecule has 62 valence electrons. The molecule has 0 saturated heterocycles. The summed E-state index contributed by atoms with van der Waals surface area (Å²) < 4.78 is 0. The van der Waals surface area contributed by atoms with Crippen molar-refractivity contribution in [2.45, 2.75) is 19.8 Å². The fraction of sp³-hybridized carbons (Fsp3) is 0.250. The first-order valence-corrected chi connectivity index (χ1v) is 4.29. The molecule has 0 atom stereocenters. The van der Waals surface area contributed by atoms with E-state index in [1.54, 1.807) is 0 Å². The maximum atomic E-state index is 3.55. The molecule has 12 heavy (non-hydrogen) atoms. The fourth-order valence-corrected chi connectivity index (χ4v) is 1.28. The molecule has 0 radical (unpaired) electrons. The van der Waals surface area contributed by atoms with Crippen LogP contribution in [0.15, 0.2) is 42.7 Å². The van der Waals surface area contributed by atoms with Gasteiger partial charge in [0.15, 0.2) is 0 Å². The van der Waals surface area contributed by atoms with E-state index in [1.807, 2.05) is 6.08 Å². The smallest absolute Gasteiger partial charge is 0.00187 e. The summed E-state index contributed by atoms with van der Waals surface area (Å²) in [5, 5.41) is 0. The third-order valence-electron chi connectivity index (χ3n) is 1.97. The van der Waals surface area contributed by atoms with E-state index in [9.17, 15) is 0 Å². The molecule has 0 saturated carbocycles. The summed E-state index contributed by atoms with van der Waals surface area (Å²) in [6.07, 6.45) is 4.02. The normalized spacial score (nSPS) is 9.08. The average molecular weight is 158 g/mol. The van der Waals surface area contributed by atoms with Gasteiger partial charge in [0.05, 0.1) is 0 Å². The van der Waals surface area contributed by atoms with Crippen molar-refractivity contribution in [1.29, 1.82) is 0 Å². The molecular formula is C12H14. The van der Waals surface area contributed by atoms with E-state index in [0.29, 0.717) is 0 Å². The minimum Gasteiger partial charge on any atom is -0.133 e. The molecule has 0 aliphatic heterocycles. The molecule has 0 unspecified atom stereocenters. The van der Waals surface area contributed by atoms with Gasteiger partial charge in [0.1, 0.15) is 0 Å². The minimum atomic E-state index is 0.952. The van der Waals surface area contributed by atoms with Crippen LogP contribution >= 0.6 is 0 Å². The summed E-state index contributed by atoms with van der Waals surface area (Å²) in [6.45, 7) is 5.73. The van der Waals surface area contributed by atoms with Crippen LogP contribution < -0.4 is 0 Å². The molecule has 0 heterocycles. The predicted molar refractivity (Wildman–Crippen MR) is 53.2 cm³/mol. The molecule has 0 aliphatic rings. The van der Waals surface area contributed by atoms with Gasteiger partial charge in [-0.1, -0.05) is 37.8 Å². The van der Waals surface area contributed by atoms with Gasteiger partial charge >= 0.3 is 0 Å². The van der Waals surface area contributed by atoms with Crippen LogP contribution in [0, 0.1) is 0 Å². The van der Waals surface area contributed by atoms with Crippen molar-refractivity contribution in [1.82, 2.24) is 0 Å². The Balaban J connectivity index is 2.88. The highest BCUT2D eigenvalue weighted by Crippen LogP contribution is 2.09. The Morgan fingerprint density at radius 1 is 1.33 bits per heavy atom. The van der Waals surface area contributed by atoms with Crippen LogP contribution in [0.4, 0.5) is 0 Å². The zero-order valence-corrected chi connectivity index (χ0v) is 7.51. The zero-order valence-electron chi connectivity index (χ0n) is 7.51. The lowest BCUT2D eigenvalue weighted by atomic mass is 10.0. The predicted octanol–water partition coefficient (Wildman–Crippen LogP) is 3.13. The largest absolute Gasteiger partial charge is 0.133 e. The Labute approximate surface area is 74.2 Å². The second-order valence-corrected chi connectivity index (χ2v) is 2.73. The molecule has 1 aromatic rings. The number of hydrogen-bond acceptors (Lipinski definition) is 0. The zero-order chi connectivity index (χ0) is 8.81. The van der Waals surface area contributed by atoms with E-state index in [1.165, 1.54) is 11.1 Å². The van der Waals surface area contributed by atoms with Crippen molar-refractivity contribution in [2.24, 2.45) is 0 Å². The summed E-state index contributed by atoms with van der Waals surface area (Å²) in [6, 6.07) is 8.49. The third kappa shape index (κ3) is 2.11. The van der Waals surface area contributed by atoms with Crippen LogP contribution in [0.3, 0.4) is 0 Å². The van der Waals surface area contributed by atoms with E-state index >= 15 is 0 Å². The van der Waals surface area contributed by atoms with Crippen LogP contribution in [0.1, 0.15) is 18.1 Å². The molecule has 0 fully saturated rings. The molecule has 1 aromatic carbocycles. The maximum Gasteiger partial charge on any atom is -0.00187 e. The molecule has 0 aliphatic carbocycles. The number of hydrogen-bond donors (Lipinski definition) is 0. The second-order valence-electron chi connectivity index (χ2n) is 2.73. The first-order valence-electron chi connectivity index (χ1n) is 4.29. The average Bonchev–Trinajstić information content (AvgIpc) is 2.15. The van der Waals surface area contributed by atoms with Gasteiger partial charge in [-0.3, -0.25) is 0 Å². The van der Waals surface area contributed by atoms with Crippen molar-refractivity contribution in [2.75, 3.05) is 0 Å². The molecule has 0 heteroatoms. The Morgan fingerprint density at radius 2 is 2.00 bits per heavy atom. The molecule has 1 rings (SSSR count). The minimum absolute atomic E-state index is 0.952. The lowest BCUT2D eigenvalue weighted by Crippen LogP contribution is -1.89. The van der Waals surface area contributed by atoms with Gasteiger partial charge < -0.3 is 0 Å². The first kappa shape index (κ1) is 8.83. The highest BCUT2D eigenvalue weighted by molar-refractivity contribution is 5.28. The Morgan fingerprint density at radius 3 is 2.58 bits per heavy atom. The standard InChI is InChI=1S/C12H14/c1-3-5-8-12-10-7-6-9-11(12)4-2/h5-7,9-10H,1,4,8H2,2H3. The summed E-state index contributed by atoms with van der Waals surface area (Å²) in [5.41, 5.74) is 5.60. The van der Waals surface area contributed by atoms with Gasteiger partial charge in [-0.25, -0.2) is 0 Å². The summed E-state index contributed by atoms with van der Waals surface area (Å²) in [5.74, 6) is 0. The van der Waals surface area contributed by atoms with Crippen molar-refractivity contribution < 1.29 is 0 Å². The van der Waals surface area contributed by atoms with Gasteiger partial charge in [-0.2, -0.15) is 0 Å². The van der Waals surface area contributed by atoms with E-state index in [4.69, 9.17) is 0 Å². The van der Waals surface area contributed by atoms with Crippen LogP contribution in [0.2, 0.25) is 0 Å². The number of rotatable bonds is 3. The maximum absolute atomic E-state index is 3.55. The van der Waals surface area contributed by atoms with Gasteiger partial charge in [-0.15, -0.1) is 5.73 Å². The lowest BCUT2D eigenvalue weighted by Gasteiger charge is -2.02. The molecule has 0 nitrogen and oxygen atoms in total. The molecule has 0 amide bonds. The van der Waals surface area contributed by atoms with E-state index in [0.717, 1.165) is 12.8 Å². The SMILES string of the molecule is C=C=CCc1ccccc1CC. The monoisotopic (exact) mass is 158 g/mol. The highest BCUT2D eigenvalue weighted by atomic mass is 14.0. The van der Waals surface area contributed by atoms with E-state index in [-0.39, 0.29) is 0 Å². The quantitative estimate of drug-likeness (QED) is 0.593. The summed E-state index contributed by atoms with van der Waals surface area (Å²) in [7, 11) is 0. The summed E-state index contributed by atoms with van der Waals surface area (Å²) in [4.78, 5) is 0. The van der Waals surface area contributed by atoms with Gasteiger partial charge in [0, 0.05) is 0 Å². The van der Waals surface area contributed by atoms with Crippen molar-refractivity contribution >= 4 is 0 Å². The Bertz CT molecular complexity index is 291. The van der Waals surface area contributed by atoms with Crippen molar-refractivity contribution in [3.63, 3.8) is 0 Å². The van der Waals surface area contributed by atoms with Gasteiger partial charge in [0.25, 0.3) is 0 Å². The fourth-order valence-electron chi connectivity index (χ4n) is 1.28. The van der Waals surface area contributed by atoms with Crippen LogP contribution in [0.5, 0.6) is 0 Å². The molecule has 0 bridgehead atoms. The number of allylic oxidation sites excluding steroid dienone is 1. The second kappa shape index (κ2) is 4.58. The van der Waals surface area contributed by atoms with E-state index < -0.39 is 0 Å². The van der Waals surface area contributed by atoms with Crippen molar-refractivity contribution in [3.8, 4) is 0 Å². The summed E-state index contributed by atoms with van der Waals surface area (Å²) >= 11 is 0. The lowest BCUT2D eigenvalue weighted by molar-refractivity contribution is 1.08. The van der Waals surface area contributed by atoms with E-state index in [2.05, 4.69) is 43.5 Å². The topological polar surface area (TPSA) is 0 Å². The molecular weight excluding hydrogens is 144 g/mol. The molecule has 0 aromatic heterocycles. The number of benzene rings is 1. The number of aryl methyl sites for hydroxylation is 1. The van der Waals surface area contributed by atoms with Gasteiger partial charge in [-0.05, 0) is 30.0 Å². The Kier molecular flexibility index (Phi) is 3.37. The Hall–Kier alpha value is -1.26. The van der Waals surface area contributed by atoms with Crippen molar-refractivity contribution in [3.05, 3.63) is 53.8 Å². The van der Waals surface area contributed by atoms with Gasteiger partial charge in [0.2, 0.25) is 0 Å². The van der Waals surface area contributed by atoms with Crippen LogP contribution in [-0.4, -0.2) is 0 Å². The molecule has 0 spiro atoms. The van der Waals surface area contributed by atoms with Crippen LogP contribution in [0.25, 0.3) is 0 Å². The van der Waals surface area contributed by atoms with Crippen LogP contribution in [-0.2, 0) is 12.8 Å². The third-order valence-corrected chi connectivity index (χ3v) is 1.97.